The lowest BCUT2D eigenvalue weighted by Crippen LogP contribution is -3.13. The minimum absolute atomic E-state index is 0.925. The second-order valence-corrected chi connectivity index (χ2v) is 8.17. The van der Waals surface area contributed by atoms with Crippen LogP contribution in [0.1, 0.15) is 18.2 Å². The third-order valence-corrected chi connectivity index (χ3v) is 6.42. The molecule has 1 saturated heterocycles. The van der Waals surface area contributed by atoms with Gasteiger partial charge in [-0.15, -0.1) is 11.3 Å². The Kier molecular flexibility index (Phi) is 5.93. The van der Waals surface area contributed by atoms with E-state index in [0.29, 0.717) is 0 Å². The molecule has 1 N–H and O–H groups in total. The summed E-state index contributed by atoms with van der Waals surface area (Å²) in [4.78, 5) is 8.96. The van der Waals surface area contributed by atoms with Crippen molar-refractivity contribution in [2.24, 2.45) is 0 Å². The van der Waals surface area contributed by atoms with Crippen LogP contribution in [-0.2, 0) is 13.0 Å². The summed E-state index contributed by atoms with van der Waals surface area (Å²) in [5, 5.41) is 3.36. The maximum atomic E-state index is 5.36. The lowest BCUT2D eigenvalue weighted by Gasteiger charge is -2.33. The molecule has 0 saturated carbocycles. The number of anilines is 1. The van der Waals surface area contributed by atoms with Crippen molar-refractivity contribution in [3.8, 4) is 16.3 Å². The van der Waals surface area contributed by atoms with Gasteiger partial charge in [0.1, 0.15) is 23.0 Å². The highest BCUT2D eigenvalue weighted by molar-refractivity contribution is 7.13. The van der Waals surface area contributed by atoms with E-state index in [1.54, 1.807) is 23.3 Å². The Balaban J connectivity index is 1.34. The molecule has 1 aromatic heterocycles. The van der Waals surface area contributed by atoms with E-state index < -0.39 is 0 Å². The summed E-state index contributed by atoms with van der Waals surface area (Å²) >= 11 is 1.76. The average molecular weight is 395 g/mol. The molecule has 1 aliphatic rings. The molecule has 1 aliphatic heterocycles. The largest absolute Gasteiger partial charge is 0.497 e. The molecule has 0 radical (unpaired) electrons. The minimum atomic E-state index is 0.925. The van der Waals surface area contributed by atoms with Crippen LogP contribution >= 0.6 is 11.3 Å². The first-order chi connectivity index (χ1) is 13.7. The summed E-state index contributed by atoms with van der Waals surface area (Å²) in [5.41, 5.74) is 5.07. The number of nitrogens with one attached hydrogen (secondary N) is 1. The van der Waals surface area contributed by atoms with Crippen molar-refractivity contribution >= 4 is 17.0 Å². The first-order valence-electron chi connectivity index (χ1n) is 10.0. The molecule has 4 nitrogen and oxygen atoms in total. The van der Waals surface area contributed by atoms with Crippen LogP contribution in [0.3, 0.4) is 0 Å². The van der Waals surface area contributed by atoms with E-state index in [9.17, 15) is 0 Å². The summed E-state index contributed by atoms with van der Waals surface area (Å²) in [7, 11) is 1.72. The average Bonchev–Trinajstić information content (AvgIpc) is 3.23. The van der Waals surface area contributed by atoms with Crippen LogP contribution in [0.5, 0.6) is 5.75 Å². The fourth-order valence-corrected chi connectivity index (χ4v) is 4.55. The molecular formula is C23H28N3OS+. The number of rotatable bonds is 6. The summed E-state index contributed by atoms with van der Waals surface area (Å²) in [6, 6.07) is 17.2. The van der Waals surface area contributed by atoms with Gasteiger partial charge in [-0.3, -0.25) is 0 Å². The van der Waals surface area contributed by atoms with Crippen molar-refractivity contribution in [3.05, 3.63) is 65.2 Å². The Morgan fingerprint density at radius 1 is 1.11 bits per heavy atom. The number of nitrogens with zero attached hydrogens (tertiary/aromatic N) is 2. The molecular weight excluding hydrogens is 366 g/mol. The molecule has 0 aliphatic carbocycles. The van der Waals surface area contributed by atoms with Crippen LogP contribution in [0.2, 0.25) is 0 Å². The van der Waals surface area contributed by atoms with Gasteiger partial charge in [-0.25, -0.2) is 4.98 Å². The molecule has 0 atom stereocenters. The third-order valence-electron chi connectivity index (χ3n) is 5.48. The molecule has 4 rings (SSSR count). The first-order valence-corrected chi connectivity index (χ1v) is 10.9. The van der Waals surface area contributed by atoms with E-state index in [4.69, 9.17) is 9.72 Å². The van der Waals surface area contributed by atoms with E-state index in [0.717, 1.165) is 49.9 Å². The highest BCUT2D eigenvalue weighted by atomic mass is 32.1. The fraction of sp³-hybridized carbons (Fsp3) is 0.348. The van der Waals surface area contributed by atoms with E-state index in [2.05, 4.69) is 59.7 Å². The summed E-state index contributed by atoms with van der Waals surface area (Å²) in [6.07, 6.45) is 1.08. The van der Waals surface area contributed by atoms with E-state index in [-0.39, 0.29) is 0 Å². The van der Waals surface area contributed by atoms with Crippen molar-refractivity contribution < 1.29 is 9.64 Å². The number of aromatic nitrogens is 1. The highest BCUT2D eigenvalue weighted by Gasteiger charge is 2.21. The summed E-state index contributed by atoms with van der Waals surface area (Å²) in [6.45, 7) is 7.60. The number of hydrogen-bond donors (Lipinski definition) is 1. The van der Waals surface area contributed by atoms with Crippen molar-refractivity contribution in [1.82, 2.24) is 4.98 Å². The second-order valence-electron chi connectivity index (χ2n) is 7.31. The van der Waals surface area contributed by atoms with Gasteiger partial charge in [-0.05, 0) is 24.1 Å². The number of quaternary nitrogens is 1. The van der Waals surface area contributed by atoms with Gasteiger partial charge >= 0.3 is 0 Å². The first kappa shape index (κ1) is 19.0. The number of aryl methyl sites for hydroxylation is 1. The molecule has 28 heavy (non-hydrogen) atoms. The molecule has 146 valence electrons. The SMILES string of the molecule is CCc1ccc(-c2nc(C[NH+]3CCN(c4cccc(OC)c4)CC3)cs2)cc1. The monoisotopic (exact) mass is 394 g/mol. The number of ether oxygens (including phenoxy) is 1. The Labute approximate surface area is 171 Å². The smallest absolute Gasteiger partial charge is 0.123 e. The Hall–Kier alpha value is -2.37. The van der Waals surface area contributed by atoms with Crippen molar-refractivity contribution in [2.75, 3.05) is 38.2 Å². The zero-order valence-corrected chi connectivity index (χ0v) is 17.5. The highest BCUT2D eigenvalue weighted by Crippen LogP contribution is 2.24. The summed E-state index contributed by atoms with van der Waals surface area (Å²) < 4.78 is 5.36. The zero-order chi connectivity index (χ0) is 19.3. The van der Waals surface area contributed by atoms with Gasteiger partial charge in [0, 0.05) is 22.7 Å². The Morgan fingerprint density at radius 2 is 1.89 bits per heavy atom. The maximum Gasteiger partial charge on any atom is 0.123 e. The fourth-order valence-electron chi connectivity index (χ4n) is 3.73. The van der Waals surface area contributed by atoms with Gasteiger partial charge in [0.25, 0.3) is 0 Å². The third kappa shape index (κ3) is 4.37. The molecule has 5 heteroatoms. The molecule has 0 amide bonds. The van der Waals surface area contributed by atoms with Gasteiger partial charge in [0.2, 0.25) is 0 Å². The molecule has 0 unspecified atom stereocenters. The van der Waals surface area contributed by atoms with Crippen LogP contribution in [0, 0.1) is 0 Å². The number of methoxy groups -OCH3 is 1. The Bertz CT molecular complexity index is 898. The van der Waals surface area contributed by atoms with Gasteiger partial charge < -0.3 is 14.5 Å². The molecule has 2 aromatic carbocycles. The molecule has 3 aromatic rings. The predicted octanol–water partition coefficient (Wildman–Crippen LogP) is 3.29. The van der Waals surface area contributed by atoms with Crippen LogP contribution in [-0.4, -0.2) is 38.3 Å². The predicted molar refractivity (Wildman–Crippen MR) is 117 cm³/mol. The van der Waals surface area contributed by atoms with Crippen LogP contribution < -0.4 is 14.5 Å². The minimum Gasteiger partial charge on any atom is -0.497 e. The van der Waals surface area contributed by atoms with E-state index in [1.807, 2.05) is 6.07 Å². The van der Waals surface area contributed by atoms with Crippen LogP contribution in [0.4, 0.5) is 5.69 Å². The molecule has 0 bridgehead atoms. The topological polar surface area (TPSA) is 29.8 Å². The standard InChI is InChI=1S/C23H27N3OS/c1-3-18-7-9-19(10-8-18)23-24-20(17-28-23)16-25-11-13-26(14-12-25)21-5-4-6-22(15-21)27-2/h4-10,15,17H,3,11-14,16H2,1-2H3/p+1. The van der Waals surface area contributed by atoms with Crippen molar-refractivity contribution in [1.29, 1.82) is 0 Å². The second kappa shape index (κ2) is 8.76. The lowest BCUT2D eigenvalue weighted by atomic mass is 10.1. The number of piperazine rings is 1. The molecule has 1 fully saturated rings. The lowest BCUT2D eigenvalue weighted by molar-refractivity contribution is -0.914. The van der Waals surface area contributed by atoms with E-state index in [1.165, 1.54) is 22.5 Å². The molecule has 2 heterocycles. The number of hydrogen-bond acceptors (Lipinski definition) is 4. The van der Waals surface area contributed by atoms with Crippen molar-refractivity contribution in [3.63, 3.8) is 0 Å². The molecule has 0 spiro atoms. The Morgan fingerprint density at radius 3 is 2.61 bits per heavy atom. The normalized spacial score (nSPS) is 15.0. The van der Waals surface area contributed by atoms with Gasteiger partial charge in [-0.1, -0.05) is 37.3 Å². The maximum absolute atomic E-state index is 5.36. The van der Waals surface area contributed by atoms with Crippen LogP contribution in [0.25, 0.3) is 10.6 Å². The van der Waals surface area contributed by atoms with Gasteiger partial charge in [-0.2, -0.15) is 0 Å². The number of thiazole rings is 1. The quantitative estimate of drug-likeness (QED) is 0.696. The van der Waals surface area contributed by atoms with Crippen LogP contribution in [0.15, 0.2) is 53.9 Å². The summed E-state index contributed by atoms with van der Waals surface area (Å²) in [5.74, 6) is 0.925. The van der Waals surface area contributed by atoms with Gasteiger partial charge in [0.05, 0.1) is 33.3 Å². The van der Waals surface area contributed by atoms with E-state index >= 15 is 0 Å². The zero-order valence-electron chi connectivity index (χ0n) is 16.6. The van der Waals surface area contributed by atoms with Gasteiger partial charge in [0.15, 0.2) is 0 Å². The number of benzene rings is 2. The van der Waals surface area contributed by atoms with Crippen molar-refractivity contribution in [2.45, 2.75) is 19.9 Å².